The quantitative estimate of drug-likeness (QED) is 0.583. The number of nitrogens with zero attached hydrogens (tertiary/aromatic N) is 1. The lowest BCUT2D eigenvalue weighted by molar-refractivity contribution is 0.0948. The van der Waals surface area contributed by atoms with Crippen LogP contribution in [0.4, 0.5) is 0 Å². The first-order valence-electron chi connectivity index (χ1n) is 8.83. The smallest absolute Gasteiger partial charge is 0.270 e. The number of carbonyl (C=O) groups excluding carboxylic acids is 1. The fourth-order valence-corrected chi connectivity index (χ4v) is 2.72. The van der Waals surface area contributed by atoms with Crippen LogP contribution in [0.15, 0.2) is 59.4 Å². The molecule has 0 spiro atoms. The second-order valence-corrected chi connectivity index (χ2v) is 6.27. The first-order valence-corrected chi connectivity index (χ1v) is 8.83. The number of aromatic nitrogens is 2. The number of hydrogen-bond acceptors (Lipinski definition) is 5. The molecule has 1 amide bonds. The van der Waals surface area contributed by atoms with Crippen LogP contribution in [0.3, 0.4) is 0 Å². The number of phenols is 1. The molecule has 0 unspecified atom stereocenters. The molecule has 0 radical (unpaired) electrons. The molecule has 1 aromatic heterocycles. The van der Waals surface area contributed by atoms with Gasteiger partial charge in [0.15, 0.2) is 0 Å². The summed E-state index contributed by atoms with van der Waals surface area (Å²) in [6.45, 7) is 0.395. The molecule has 3 aromatic rings. The van der Waals surface area contributed by atoms with E-state index in [9.17, 15) is 14.7 Å². The summed E-state index contributed by atoms with van der Waals surface area (Å²) in [6.07, 6.45) is 1.00. The number of H-pyrrole nitrogens is 1. The number of aromatic amines is 1. The van der Waals surface area contributed by atoms with Crippen molar-refractivity contribution in [1.29, 1.82) is 0 Å². The van der Waals surface area contributed by atoms with Crippen LogP contribution in [0.2, 0.25) is 0 Å². The third kappa shape index (κ3) is 5.20. The molecule has 0 saturated heterocycles. The maximum atomic E-state index is 12.3. The van der Waals surface area contributed by atoms with E-state index >= 15 is 0 Å². The van der Waals surface area contributed by atoms with Crippen molar-refractivity contribution in [3.8, 4) is 11.5 Å². The molecule has 0 aliphatic carbocycles. The summed E-state index contributed by atoms with van der Waals surface area (Å²) in [5, 5.41) is 12.0. The molecule has 2 aromatic carbocycles. The number of nitrogens with one attached hydrogen (secondary N) is 2. The van der Waals surface area contributed by atoms with Crippen LogP contribution in [0.5, 0.6) is 11.5 Å². The molecule has 7 nitrogen and oxygen atoms in total. The highest BCUT2D eigenvalue weighted by molar-refractivity contribution is 5.92. The highest BCUT2D eigenvalue weighted by atomic mass is 16.5. The molecule has 0 atom stereocenters. The Bertz CT molecular complexity index is 995. The van der Waals surface area contributed by atoms with Crippen LogP contribution in [0.1, 0.15) is 27.4 Å². The zero-order valence-corrected chi connectivity index (χ0v) is 15.4. The number of carbonyl (C=O) groups is 1. The molecule has 7 heteroatoms. The van der Waals surface area contributed by atoms with Gasteiger partial charge in [0.1, 0.15) is 23.0 Å². The number of methoxy groups -OCH3 is 1. The van der Waals surface area contributed by atoms with Crippen molar-refractivity contribution in [1.82, 2.24) is 15.3 Å². The molecule has 3 rings (SSSR count). The van der Waals surface area contributed by atoms with Crippen molar-refractivity contribution in [2.75, 3.05) is 13.7 Å². The van der Waals surface area contributed by atoms with E-state index in [-0.39, 0.29) is 17.0 Å². The van der Waals surface area contributed by atoms with Crippen LogP contribution in [0, 0.1) is 0 Å². The van der Waals surface area contributed by atoms with E-state index in [0.29, 0.717) is 25.2 Å². The van der Waals surface area contributed by atoms with Gasteiger partial charge in [-0.05, 0) is 41.8 Å². The molecule has 0 saturated carbocycles. The van der Waals surface area contributed by atoms with Gasteiger partial charge in [-0.1, -0.05) is 24.3 Å². The van der Waals surface area contributed by atoms with Crippen LogP contribution < -0.4 is 15.6 Å². The van der Waals surface area contributed by atoms with E-state index in [1.807, 2.05) is 24.3 Å². The summed E-state index contributed by atoms with van der Waals surface area (Å²) in [5.41, 5.74) is 1.63. The van der Waals surface area contributed by atoms with Crippen LogP contribution in [0.25, 0.3) is 0 Å². The summed E-state index contributed by atoms with van der Waals surface area (Å²) < 4.78 is 5.13. The summed E-state index contributed by atoms with van der Waals surface area (Å²) in [6, 6.07) is 15.4. The monoisotopic (exact) mass is 379 g/mol. The maximum absolute atomic E-state index is 12.3. The molecule has 0 aliphatic rings. The van der Waals surface area contributed by atoms with Gasteiger partial charge >= 0.3 is 0 Å². The zero-order chi connectivity index (χ0) is 19.9. The Morgan fingerprint density at radius 1 is 1.11 bits per heavy atom. The fourth-order valence-electron chi connectivity index (χ4n) is 2.72. The van der Waals surface area contributed by atoms with E-state index in [2.05, 4.69) is 15.3 Å². The van der Waals surface area contributed by atoms with Gasteiger partial charge in [-0.25, -0.2) is 4.98 Å². The van der Waals surface area contributed by atoms with E-state index in [4.69, 9.17) is 4.74 Å². The second-order valence-electron chi connectivity index (χ2n) is 6.27. The van der Waals surface area contributed by atoms with Gasteiger partial charge in [-0.3, -0.25) is 9.59 Å². The van der Waals surface area contributed by atoms with Crippen LogP contribution in [-0.4, -0.2) is 34.6 Å². The number of ether oxygens (including phenoxy) is 1. The minimum Gasteiger partial charge on any atom is -0.508 e. The number of phenolic OH excluding ortho intramolecular Hbond substituents is 1. The zero-order valence-electron chi connectivity index (χ0n) is 15.4. The number of rotatable bonds is 7. The molecule has 0 fully saturated rings. The van der Waals surface area contributed by atoms with Crippen LogP contribution >= 0.6 is 0 Å². The summed E-state index contributed by atoms with van der Waals surface area (Å²) >= 11 is 0. The third-order valence-electron chi connectivity index (χ3n) is 4.19. The van der Waals surface area contributed by atoms with Gasteiger partial charge < -0.3 is 20.1 Å². The Labute approximate surface area is 162 Å². The fraction of sp³-hybridized carbons (Fsp3) is 0.190. The predicted molar refractivity (Wildman–Crippen MR) is 105 cm³/mol. The Morgan fingerprint density at radius 3 is 2.46 bits per heavy atom. The van der Waals surface area contributed by atoms with Gasteiger partial charge in [-0.15, -0.1) is 0 Å². The molecule has 0 aliphatic heterocycles. The van der Waals surface area contributed by atoms with E-state index < -0.39 is 5.91 Å². The van der Waals surface area contributed by atoms with Crippen LogP contribution in [-0.2, 0) is 12.8 Å². The Morgan fingerprint density at radius 2 is 1.79 bits per heavy atom. The summed E-state index contributed by atoms with van der Waals surface area (Å²) in [7, 11) is 1.60. The molecule has 144 valence electrons. The third-order valence-corrected chi connectivity index (χ3v) is 4.19. The molecule has 28 heavy (non-hydrogen) atoms. The van der Waals surface area contributed by atoms with Crippen molar-refractivity contribution in [2.24, 2.45) is 0 Å². The number of hydrogen-bond donors (Lipinski definition) is 3. The highest BCUT2D eigenvalue weighted by Crippen LogP contribution is 2.13. The van der Waals surface area contributed by atoms with Gasteiger partial charge in [0.2, 0.25) is 0 Å². The maximum Gasteiger partial charge on any atom is 0.270 e. The van der Waals surface area contributed by atoms with Crippen molar-refractivity contribution < 1.29 is 14.6 Å². The van der Waals surface area contributed by atoms with E-state index in [1.54, 1.807) is 31.4 Å². The summed E-state index contributed by atoms with van der Waals surface area (Å²) in [4.78, 5) is 31.2. The molecule has 1 heterocycles. The molecular weight excluding hydrogens is 358 g/mol. The number of aromatic hydroxyl groups is 1. The lowest BCUT2D eigenvalue weighted by atomic mass is 10.1. The van der Waals surface area contributed by atoms with Gasteiger partial charge in [0, 0.05) is 19.0 Å². The minimum absolute atomic E-state index is 0.0815. The number of amides is 1. The first kappa shape index (κ1) is 19.2. The van der Waals surface area contributed by atoms with Gasteiger partial charge in [-0.2, -0.15) is 0 Å². The van der Waals surface area contributed by atoms with Crippen molar-refractivity contribution in [3.05, 3.63) is 87.6 Å². The van der Waals surface area contributed by atoms with Crippen molar-refractivity contribution in [3.63, 3.8) is 0 Å². The Kier molecular flexibility index (Phi) is 6.06. The Hall–Kier alpha value is -3.61. The topological polar surface area (TPSA) is 104 Å². The van der Waals surface area contributed by atoms with E-state index in [1.165, 1.54) is 6.07 Å². The number of benzene rings is 2. The normalized spacial score (nSPS) is 10.5. The largest absolute Gasteiger partial charge is 0.508 e. The highest BCUT2D eigenvalue weighted by Gasteiger charge is 2.10. The summed E-state index contributed by atoms with van der Waals surface area (Å²) in [5.74, 6) is 0.957. The second kappa shape index (κ2) is 8.85. The first-order chi connectivity index (χ1) is 13.5. The molecular formula is C21H21N3O4. The van der Waals surface area contributed by atoms with Crippen molar-refractivity contribution >= 4 is 5.91 Å². The predicted octanol–water partition coefficient (Wildman–Crippen LogP) is 2.05. The average molecular weight is 379 g/mol. The molecule has 0 bridgehead atoms. The van der Waals surface area contributed by atoms with Crippen molar-refractivity contribution in [2.45, 2.75) is 12.8 Å². The Balaban J connectivity index is 1.63. The average Bonchev–Trinajstić information content (AvgIpc) is 2.69. The molecule has 3 N–H and O–H groups in total. The SMILES string of the molecule is COc1ccc(Cc2nc(C(=O)NCCc3ccc(O)cc3)cc(=O)[nH]2)cc1. The van der Waals surface area contributed by atoms with Gasteiger partial charge in [0.05, 0.1) is 7.11 Å². The lowest BCUT2D eigenvalue weighted by Crippen LogP contribution is -2.28. The standard InChI is InChI=1S/C21H21N3O4/c1-28-17-8-4-15(5-9-17)12-19-23-18(13-20(26)24-19)21(27)22-11-10-14-2-6-16(25)7-3-14/h2-9,13,25H,10-12H2,1H3,(H,22,27)(H,23,24,26). The lowest BCUT2D eigenvalue weighted by Gasteiger charge is -2.07. The van der Waals surface area contributed by atoms with E-state index in [0.717, 1.165) is 16.9 Å². The minimum atomic E-state index is -0.402. The van der Waals surface area contributed by atoms with Gasteiger partial charge in [0.25, 0.3) is 11.5 Å².